The van der Waals surface area contributed by atoms with E-state index >= 15 is 0 Å². The number of carbonyl (C=O) groups is 1. The average molecular weight is 321 g/mol. The number of anilines is 1. The molecule has 0 unspecified atom stereocenters. The summed E-state index contributed by atoms with van der Waals surface area (Å²) in [7, 11) is 0. The van der Waals surface area contributed by atoms with Crippen LogP contribution in [0.15, 0.2) is 59.4 Å². The van der Waals surface area contributed by atoms with E-state index in [0.29, 0.717) is 11.4 Å². The van der Waals surface area contributed by atoms with E-state index in [1.54, 1.807) is 36.4 Å². The number of nitrogens with zero attached hydrogens (tertiary/aromatic N) is 1. The van der Waals surface area contributed by atoms with Gasteiger partial charge in [-0.3, -0.25) is 9.59 Å². The van der Waals surface area contributed by atoms with Gasteiger partial charge in [0.2, 0.25) is 0 Å². The van der Waals surface area contributed by atoms with Crippen LogP contribution in [0.25, 0.3) is 11.3 Å². The minimum atomic E-state index is -0.400. The van der Waals surface area contributed by atoms with Gasteiger partial charge in [0.25, 0.3) is 11.5 Å². The van der Waals surface area contributed by atoms with Gasteiger partial charge in [-0.05, 0) is 37.3 Å². The van der Waals surface area contributed by atoms with E-state index in [0.717, 1.165) is 11.1 Å². The number of nitrogens with one attached hydrogen (secondary N) is 2. The Labute approximate surface area is 137 Å². The molecule has 1 amide bonds. The van der Waals surface area contributed by atoms with Crippen LogP contribution in [-0.4, -0.2) is 21.2 Å². The predicted octanol–water partition coefficient (Wildman–Crippen LogP) is 2.70. The van der Waals surface area contributed by atoms with Gasteiger partial charge in [0.05, 0.1) is 11.3 Å². The lowest BCUT2D eigenvalue weighted by molar-refractivity contribution is 0.102. The zero-order chi connectivity index (χ0) is 17.1. The number of hydrogen-bond acceptors (Lipinski definition) is 4. The van der Waals surface area contributed by atoms with Gasteiger partial charge in [0.15, 0.2) is 0 Å². The molecule has 0 aliphatic carbocycles. The van der Waals surface area contributed by atoms with Gasteiger partial charge in [-0.25, -0.2) is 5.10 Å². The maximum atomic E-state index is 12.3. The number of aromatic nitrogens is 2. The minimum absolute atomic E-state index is 0.0726. The lowest BCUT2D eigenvalue weighted by atomic mass is 10.1. The molecule has 24 heavy (non-hydrogen) atoms. The van der Waals surface area contributed by atoms with Crippen molar-refractivity contribution in [3.63, 3.8) is 0 Å². The van der Waals surface area contributed by atoms with Crippen molar-refractivity contribution in [3.8, 4) is 17.0 Å². The first-order chi connectivity index (χ1) is 11.5. The summed E-state index contributed by atoms with van der Waals surface area (Å²) in [4.78, 5) is 23.4. The lowest BCUT2D eigenvalue weighted by Gasteiger charge is -2.09. The maximum absolute atomic E-state index is 12.3. The zero-order valence-corrected chi connectivity index (χ0v) is 12.9. The molecule has 3 N–H and O–H groups in total. The lowest BCUT2D eigenvalue weighted by Crippen LogP contribution is -2.12. The van der Waals surface area contributed by atoms with E-state index in [1.807, 2.05) is 13.0 Å². The monoisotopic (exact) mass is 321 g/mol. The average Bonchev–Trinajstić information content (AvgIpc) is 2.58. The second-order valence-electron chi connectivity index (χ2n) is 5.36. The first kappa shape index (κ1) is 15.5. The number of amides is 1. The fourth-order valence-electron chi connectivity index (χ4n) is 2.29. The topological polar surface area (TPSA) is 95.1 Å². The molecule has 0 spiro atoms. The highest BCUT2D eigenvalue weighted by molar-refractivity contribution is 6.06. The summed E-state index contributed by atoms with van der Waals surface area (Å²) >= 11 is 0. The first-order valence-electron chi connectivity index (χ1n) is 7.30. The van der Waals surface area contributed by atoms with Crippen molar-refractivity contribution in [1.29, 1.82) is 0 Å². The molecule has 0 atom stereocenters. The molecule has 3 rings (SSSR count). The Bertz CT molecular complexity index is 943. The van der Waals surface area contributed by atoms with Crippen molar-refractivity contribution >= 4 is 11.6 Å². The fraction of sp³-hybridized carbons (Fsp3) is 0.0556. The molecule has 0 radical (unpaired) electrons. The molecule has 6 nitrogen and oxygen atoms in total. The third-order valence-electron chi connectivity index (χ3n) is 3.49. The van der Waals surface area contributed by atoms with Crippen LogP contribution in [0, 0.1) is 6.92 Å². The number of H-pyrrole nitrogens is 1. The number of carbonyl (C=O) groups excluding carboxylic acids is 1. The van der Waals surface area contributed by atoms with E-state index in [1.165, 1.54) is 12.1 Å². The van der Waals surface area contributed by atoms with Crippen LogP contribution >= 0.6 is 0 Å². The van der Waals surface area contributed by atoms with Gasteiger partial charge >= 0.3 is 0 Å². The highest BCUT2D eigenvalue weighted by atomic mass is 16.3. The standard InChI is InChI=1S/C18H15N3O3/c1-11-5-7-16(22)14(9-11)18(24)19-13-4-2-3-12(10-13)15-6-8-17(23)21-20-15/h2-10,22H,1H3,(H,19,24)(H,21,23). The van der Waals surface area contributed by atoms with E-state index in [4.69, 9.17) is 0 Å². The third-order valence-corrected chi connectivity index (χ3v) is 3.49. The van der Waals surface area contributed by atoms with Crippen molar-refractivity contribution in [2.24, 2.45) is 0 Å². The smallest absolute Gasteiger partial charge is 0.264 e. The molecule has 0 fully saturated rings. The van der Waals surface area contributed by atoms with Crippen LogP contribution in [0.5, 0.6) is 5.75 Å². The third kappa shape index (κ3) is 3.33. The molecule has 120 valence electrons. The molecular weight excluding hydrogens is 306 g/mol. The van der Waals surface area contributed by atoms with Crippen LogP contribution in [0.2, 0.25) is 0 Å². The summed E-state index contributed by atoms with van der Waals surface area (Å²) in [6.07, 6.45) is 0. The molecule has 0 saturated heterocycles. The number of aromatic hydroxyl groups is 1. The Balaban J connectivity index is 1.87. The molecule has 2 aromatic carbocycles. The van der Waals surface area contributed by atoms with Crippen LogP contribution in [0.1, 0.15) is 15.9 Å². The van der Waals surface area contributed by atoms with Gasteiger partial charge in [-0.15, -0.1) is 0 Å². The van der Waals surface area contributed by atoms with Crippen molar-refractivity contribution in [2.45, 2.75) is 6.92 Å². The number of rotatable bonds is 3. The van der Waals surface area contributed by atoms with Gasteiger partial charge in [-0.1, -0.05) is 23.8 Å². The van der Waals surface area contributed by atoms with E-state index in [2.05, 4.69) is 15.5 Å². The van der Waals surface area contributed by atoms with Gasteiger partial charge in [0, 0.05) is 17.3 Å². The second kappa shape index (κ2) is 6.37. The van der Waals surface area contributed by atoms with Crippen molar-refractivity contribution in [2.75, 3.05) is 5.32 Å². The van der Waals surface area contributed by atoms with Crippen molar-refractivity contribution < 1.29 is 9.90 Å². The number of phenols is 1. The van der Waals surface area contributed by atoms with Crippen LogP contribution in [0.4, 0.5) is 5.69 Å². The Hall–Kier alpha value is -3.41. The normalized spacial score (nSPS) is 10.4. The summed E-state index contributed by atoms with van der Waals surface area (Å²) in [5, 5.41) is 18.9. The Morgan fingerprint density at radius 1 is 1.12 bits per heavy atom. The molecule has 1 aromatic heterocycles. The molecule has 0 saturated carbocycles. The highest BCUT2D eigenvalue weighted by Gasteiger charge is 2.12. The summed E-state index contributed by atoms with van der Waals surface area (Å²) in [5.41, 5.74) is 2.71. The summed E-state index contributed by atoms with van der Waals surface area (Å²) in [6, 6.07) is 14.9. The molecular formula is C18H15N3O3. The molecule has 1 heterocycles. The largest absolute Gasteiger partial charge is 0.507 e. The number of aromatic amines is 1. The quantitative estimate of drug-likeness (QED) is 0.691. The van der Waals surface area contributed by atoms with Crippen molar-refractivity contribution in [3.05, 3.63) is 76.1 Å². The first-order valence-corrected chi connectivity index (χ1v) is 7.30. The van der Waals surface area contributed by atoms with Crippen LogP contribution < -0.4 is 10.9 Å². The van der Waals surface area contributed by atoms with E-state index in [-0.39, 0.29) is 16.9 Å². The molecule has 6 heteroatoms. The van der Waals surface area contributed by atoms with Crippen molar-refractivity contribution in [1.82, 2.24) is 10.2 Å². The summed E-state index contributed by atoms with van der Waals surface area (Å²) < 4.78 is 0. The summed E-state index contributed by atoms with van der Waals surface area (Å²) in [6.45, 7) is 1.85. The number of benzene rings is 2. The highest BCUT2D eigenvalue weighted by Crippen LogP contribution is 2.22. The van der Waals surface area contributed by atoms with E-state index in [9.17, 15) is 14.7 Å². The predicted molar refractivity (Wildman–Crippen MR) is 91.1 cm³/mol. The fourth-order valence-corrected chi connectivity index (χ4v) is 2.29. The Morgan fingerprint density at radius 2 is 1.96 bits per heavy atom. The maximum Gasteiger partial charge on any atom is 0.264 e. The zero-order valence-electron chi connectivity index (χ0n) is 12.9. The van der Waals surface area contributed by atoms with Gasteiger partial charge in [-0.2, -0.15) is 5.10 Å². The minimum Gasteiger partial charge on any atom is -0.507 e. The summed E-state index contributed by atoms with van der Waals surface area (Å²) in [5.74, 6) is -0.473. The number of phenolic OH excluding ortho intramolecular Hbond substituents is 1. The second-order valence-corrected chi connectivity index (χ2v) is 5.36. The van der Waals surface area contributed by atoms with Gasteiger partial charge in [0.1, 0.15) is 5.75 Å². The Kier molecular flexibility index (Phi) is 4.11. The van der Waals surface area contributed by atoms with Gasteiger partial charge < -0.3 is 10.4 Å². The molecule has 0 aliphatic heterocycles. The molecule has 3 aromatic rings. The Morgan fingerprint density at radius 3 is 2.71 bits per heavy atom. The van der Waals surface area contributed by atoms with E-state index < -0.39 is 5.91 Å². The number of aryl methyl sites for hydroxylation is 1. The molecule has 0 bridgehead atoms. The number of hydrogen-bond donors (Lipinski definition) is 3. The molecule has 0 aliphatic rings. The SMILES string of the molecule is Cc1ccc(O)c(C(=O)Nc2cccc(-c3ccc(=O)[nH]n3)c2)c1. The van der Waals surface area contributed by atoms with Crippen LogP contribution in [-0.2, 0) is 0 Å². The van der Waals surface area contributed by atoms with Crippen LogP contribution in [0.3, 0.4) is 0 Å².